The number of amidine groups is 1. The van der Waals surface area contributed by atoms with Crippen LogP contribution in [0.15, 0.2) is 5.10 Å². The third kappa shape index (κ3) is 0.0389. The Bertz CT molecular complexity index is 57.1. The maximum atomic E-state index is 10.8. The zero-order valence-electron chi connectivity index (χ0n) is 1.83. The molecule has 22 valence electrons. The third-order valence-corrected chi connectivity index (χ3v) is 0.196. The second-order valence-electron chi connectivity index (χ2n) is 0.514. The highest BCUT2D eigenvalue weighted by Crippen LogP contribution is 1.82. The predicted molar refractivity (Wildman–Crippen MR) is 11.7 cm³/mol. The first-order valence-electron chi connectivity index (χ1n) is 0.886. The van der Waals surface area contributed by atoms with Crippen LogP contribution in [-0.2, 0) is 0 Å². The van der Waals surface area contributed by atoms with Gasteiger partial charge < -0.3 is 0 Å². The Labute approximate surface area is 22.3 Å². The molecule has 0 aliphatic carbocycles. The van der Waals surface area contributed by atoms with Crippen LogP contribution in [0.4, 0.5) is 4.39 Å². The van der Waals surface area contributed by atoms with E-state index in [4.69, 9.17) is 0 Å². The fourth-order valence-electron chi connectivity index (χ4n) is 0.0211. The molecule has 0 radical (unpaired) electrons. The standard InChI is InChI=1S/CHFN2/c2-1-3-4-1/h(H,3,4). The summed E-state index contributed by atoms with van der Waals surface area (Å²) < 4.78 is 10.8. The molecule has 0 saturated carbocycles. The smallest absolute Gasteiger partial charge is 0.231 e. The third-order valence-electron chi connectivity index (χ3n) is 0.196. The van der Waals surface area contributed by atoms with Gasteiger partial charge in [0.2, 0.25) is 0 Å². The van der Waals surface area contributed by atoms with Gasteiger partial charge >= 0.3 is 6.09 Å². The Hall–Kier alpha value is -0.600. The minimum absolute atomic E-state index is 0.458. The zero-order valence-corrected chi connectivity index (χ0v) is 1.83. The van der Waals surface area contributed by atoms with E-state index in [1.807, 2.05) is 5.43 Å². The van der Waals surface area contributed by atoms with Crippen LogP contribution in [0.1, 0.15) is 0 Å². The minimum atomic E-state index is -0.458. The van der Waals surface area contributed by atoms with E-state index in [1.165, 1.54) is 0 Å². The molecule has 1 N–H and O–H groups in total. The highest BCUT2D eigenvalue weighted by Gasteiger charge is 2.01. The van der Waals surface area contributed by atoms with Crippen molar-refractivity contribution in [2.24, 2.45) is 5.10 Å². The first-order valence-corrected chi connectivity index (χ1v) is 0.886. The maximum Gasteiger partial charge on any atom is 0.319 e. The van der Waals surface area contributed by atoms with Gasteiger partial charge in [0.1, 0.15) is 0 Å². The number of hydrogen-bond acceptors (Lipinski definition) is 2. The number of nitrogens with zero attached hydrogens (tertiary/aromatic N) is 1. The van der Waals surface area contributed by atoms with Crippen molar-refractivity contribution in [1.29, 1.82) is 0 Å². The van der Waals surface area contributed by atoms with Crippen molar-refractivity contribution in [2.75, 3.05) is 0 Å². The lowest BCUT2D eigenvalue weighted by Crippen LogP contribution is -1.76. The molecule has 2 nitrogen and oxygen atoms in total. The lowest BCUT2D eigenvalue weighted by Gasteiger charge is -1.40. The molecule has 1 aliphatic heterocycles. The molecule has 4 heavy (non-hydrogen) atoms. The van der Waals surface area contributed by atoms with Crippen molar-refractivity contribution in [3.05, 3.63) is 0 Å². The van der Waals surface area contributed by atoms with Crippen LogP contribution in [0.25, 0.3) is 0 Å². The van der Waals surface area contributed by atoms with E-state index in [2.05, 4.69) is 5.10 Å². The summed E-state index contributed by atoms with van der Waals surface area (Å²) in [6.07, 6.45) is -0.458. The summed E-state index contributed by atoms with van der Waals surface area (Å²) in [5.41, 5.74) is 1.97. The molecule has 0 spiro atoms. The van der Waals surface area contributed by atoms with E-state index in [1.54, 1.807) is 0 Å². The number of nitrogens with one attached hydrogen (secondary N) is 1. The van der Waals surface area contributed by atoms with Crippen molar-refractivity contribution in [1.82, 2.24) is 5.43 Å². The van der Waals surface area contributed by atoms with E-state index in [-0.39, 0.29) is 0 Å². The summed E-state index contributed by atoms with van der Waals surface area (Å²) in [5.74, 6) is 0. The highest BCUT2D eigenvalue weighted by molar-refractivity contribution is 5.81. The van der Waals surface area contributed by atoms with Crippen LogP contribution in [-0.4, -0.2) is 6.09 Å². The predicted octanol–water partition coefficient (Wildman–Crippen LogP) is -0.170. The summed E-state index contributed by atoms with van der Waals surface area (Å²) in [7, 11) is 0. The van der Waals surface area contributed by atoms with Crippen LogP contribution in [0.2, 0.25) is 0 Å². The van der Waals surface area contributed by atoms with E-state index in [0.29, 0.717) is 0 Å². The van der Waals surface area contributed by atoms with Gasteiger partial charge in [0.05, 0.1) is 0 Å². The average Bonchev–Trinajstić information content (AvgIpc) is 1.75. The van der Waals surface area contributed by atoms with E-state index < -0.39 is 6.09 Å². The van der Waals surface area contributed by atoms with Crippen molar-refractivity contribution in [3.8, 4) is 0 Å². The van der Waals surface area contributed by atoms with Crippen LogP contribution in [0.3, 0.4) is 0 Å². The number of hydrogen-bond donors (Lipinski definition) is 1. The van der Waals surface area contributed by atoms with Gasteiger partial charge in [-0.2, -0.15) is 4.39 Å². The molecule has 0 aromatic rings. The Morgan fingerprint density at radius 2 is 2.25 bits per heavy atom. The SMILES string of the molecule is FC1=NN1. The molecule has 3 heteroatoms. The number of hydrazone groups is 1. The number of halogens is 1. The second-order valence-corrected chi connectivity index (χ2v) is 0.514. The van der Waals surface area contributed by atoms with Gasteiger partial charge in [0.25, 0.3) is 0 Å². The first kappa shape index (κ1) is 1.69. The molecule has 0 unspecified atom stereocenters. The molecule has 1 heterocycles. The van der Waals surface area contributed by atoms with Crippen LogP contribution >= 0.6 is 0 Å². The molecule has 1 aliphatic rings. The van der Waals surface area contributed by atoms with E-state index in [9.17, 15) is 4.39 Å². The van der Waals surface area contributed by atoms with Crippen molar-refractivity contribution in [2.45, 2.75) is 0 Å². The highest BCUT2D eigenvalue weighted by atomic mass is 19.1. The fourth-order valence-corrected chi connectivity index (χ4v) is 0.0211. The Morgan fingerprint density at radius 1 is 2.00 bits per heavy atom. The van der Waals surface area contributed by atoms with Gasteiger partial charge in [-0.15, -0.1) is 5.10 Å². The van der Waals surface area contributed by atoms with Crippen LogP contribution in [0, 0.1) is 0 Å². The topological polar surface area (TPSA) is 34.3 Å². The van der Waals surface area contributed by atoms with E-state index >= 15 is 0 Å². The summed E-state index contributed by atoms with van der Waals surface area (Å²) in [5, 5.41) is 2.90. The van der Waals surface area contributed by atoms with Gasteiger partial charge in [-0.05, 0) is 0 Å². The van der Waals surface area contributed by atoms with Crippen LogP contribution in [0.5, 0.6) is 0 Å². The first-order chi connectivity index (χ1) is 1.89. The molecular weight excluding hydrogens is 59.0 g/mol. The summed E-state index contributed by atoms with van der Waals surface area (Å²) in [6.45, 7) is 0. The lowest BCUT2D eigenvalue weighted by atomic mass is 11.4. The van der Waals surface area contributed by atoms with Gasteiger partial charge in [0.15, 0.2) is 0 Å². The quantitative estimate of drug-likeness (QED) is 0.387. The van der Waals surface area contributed by atoms with Gasteiger partial charge in [0, 0.05) is 0 Å². The largest absolute Gasteiger partial charge is 0.319 e. The fraction of sp³-hybridized carbons (Fsp3) is 0. The Morgan fingerprint density at radius 3 is 2.25 bits per heavy atom. The monoisotopic (exact) mass is 60.0 g/mol. The Kier molecular flexibility index (Phi) is 0.103. The van der Waals surface area contributed by atoms with Gasteiger partial charge in [-0.1, -0.05) is 0 Å². The molecule has 0 aromatic heterocycles. The van der Waals surface area contributed by atoms with Crippen molar-refractivity contribution >= 4 is 6.09 Å². The second kappa shape index (κ2) is 0.243. The van der Waals surface area contributed by atoms with E-state index in [0.717, 1.165) is 0 Å². The molecule has 0 atom stereocenters. The molecule has 0 saturated heterocycles. The summed E-state index contributed by atoms with van der Waals surface area (Å²) in [4.78, 5) is 0. The molecular formula is CHFN2. The maximum absolute atomic E-state index is 10.8. The lowest BCUT2D eigenvalue weighted by molar-refractivity contribution is 0.818. The molecule has 0 amide bonds. The van der Waals surface area contributed by atoms with Crippen molar-refractivity contribution in [3.63, 3.8) is 0 Å². The number of rotatable bonds is 0. The van der Waals surface area contributed by atoms with Crippen LogP contribution < -0.4 is 5.43 Å². The summed E-state index contributed by atoms with van der Waals surface area (Å²) in [6, 6.07) is 0. The zero-order chi connectivity index (χ0) is 2.99. The summed E-state index contributed by atoms with van der Waals surface area (Å²) >= 11 is 0. The average molecular weight is 60.0 g/mol. The molecule has 1 rings (SSSR count). The normalized spacial score (nSPS) is 17.8. The molecule has 0 bridgehead atoms. The van der Waals surface area contributed by atoms with Gasteiger partial charge in [-0.25, -0.2) is 5.43 Å². The molecule has 0 aromatic carbocycles. The minimum Gasteiger partial charge on any atom is -0.231 e. The Balaban J connectivity index is 2.54. The van der Waals surface area contributed by atoms with Gasteiger partial charge in [-0.3, -0.25) is 0 Å². The van der Waals surface area contributed by atoms with Crippen molar-refractivity contribution < 1.29 is 4.39 Å². The molecule has 0 fully saturated rings.